The number of hydrogen-bond donors (Lipinski definition) is 1. The van der Waals surface area contributed by atoms with Crippen LogP contribution in [0.3, 0.4) is 0 Å². The number of nitrogens with one attached hydrogen (secondary N) is 1. The van der Waals surface area contributed by atoms with Crippen LogP contribution in [0.2, 0.25) is 0 Å². The molecule has 0 aliphatic carbocycles. The number of halogens is 1. The molecule has 0 saturated heterocycles. The van der Waals surface area contributed by atoms with Crippen molar-refractivity contribution in [3.8, 4) is 0 Å². The van der Waals surface area contributed by atoms with Crippen molar-refractivity contribution in [2.45, 2.75) is 0 Å². The molecule has 0 spiro atoms. The summed E-state index contributed by atoms with van der Waals surface area (Å²) >= 11 is 3.23. The molecule has 0 aliphatic rings. The molecule has 0 bridgehead atoms. The molecule has 1 N–H and O–H groups in total. The molecule has 78 valence electrons. The standard InChI is InChI=1S/C9H9BrN4O/c1-13-9(15)8(10)7(6-11-13)12-14-4-2-3-5-14/h2-6,12H,1H3. The van der Waals surface area contributed by atoms with Crippen LogP contribution >= 0.6 is 15.9 Å². The zero-order chi connectivity index (χ0) is 10.8. The SMILES string of the molecule is Cn1ncc(Nn2cccc2)c(Br)c1=O. The third-order valence-corrected chi connectivity index (χ3v) is 2.70. The third kappa shape index (κ3) is 1.94. The molecule has 0 radical (unpaired) electrons. The van der Waals surface area contributed by atoms with Crippen LogP contribution in [-0.4, -0.2) is 14.5 Å². The van der Waals surface area contributed by atoms with Crippen molar-refractivity contribution in [1.29, 1.82) is 0 Å². The molecule has 0 atom stereocenters. The van der Waals surface area contributed by atoms with Crippen molar-refractivity contribution in [1.82, 2.24) is 14.5 Å². The Kier molecular flexibility index (Phi) is 2.59. The molecular weight excluding hydrogens is 260 g/mol. The second kappa shape index (κ2) is 3.90. The van der Waals surface area contributed by atoms with E-state index in [4.69, 9.17) is 0 Å². The van der Waals surface area contributed by atoms with Gasteiger partial charge >= 0.3 is 0 Å². The number of rotatable bonds is 2. The van der Waals surface area contributed by atoms with Crippen molar-refractivity contribution in [3.05, 3.63) is 45.5 Å². The largest absolute Gasteiger partial charge is 0.292 e. The summed E-state index contributed by atoms with van der Waals surface area (Å²) in [6, 6.07) is 3.77. The van der Waals surface area contributed by atoms with Crippen molar-refractivity contribution >= 4 is 21.6 Å². The van der Waals surface area contributed by atoms with Crippen LogP contribution in [0.25, 0.3) is 0 Å². The van der Waals surface area contributed by atoms with Crippen LogP contribution in [0.1, 0.15) is 0 Å². The summed E-state index contributed by atoms with van der Waals surface area (Å²) in [7, 11) is 1.60. The number of aryl methyl sites for hydroxylation is 1. The zero-order valence-electron chi connectivity index (χ0n) is 8.01. The molecule has 2 aromatic rings. The Morgan fingerprint density at radius 1 is 1.40 bits per heavy atom. The molecule has 0 saturated carbocycles. The first kappa shape index (κ1) is 9.97. The Morgan fingerprint density at radius 3 is 2.73 bits per heavy atom. The molecule has 0 amide bonds. The number of nitrogens with zero attached hydrogens (tertiary/aromatic N) is 3. The maximum absolute atomic E-state index is 11.5. The van der Waals surface area contributed by atoms with Gasteiger partial charge < -0.3 is 0 Å². The van der Waals surface area contributed by atoms with Gasteiger partial charge in [-0.1, -0.05) is 0 Å². The van der Waals surface area contributed by atoms with E-state index in [-0.39, 0.29) is 5.56 Å². The van der Waals surface area contributed by atoms with Crippen molar-refractivity contribution in [3.63, 3.8) is 0 Å². The normalized spacial score (nSPS) is 10.3. The summed E-state index contributed by atoms with van der Waals surface area (Å²) < 4.78 is 3.47. The van der Waals surface area contributed by atoms with Crippen LogP contribution in [0, 0.1) is 0 Å². The minimum absolute atomic E-state index is 0.174. The third-order valence-electron chi connectivity index (χ3n) is 1.93. The van der Waals surface area contributed by atoms with Gasteiger partial charge in [0.1, 0.15) is 4.47 Å². The second-order valence-electron chi connectivity index (χ2n) is 3.00. The second-order valence-corrected chi connectivity index (χ2v) is 3.80. The fourth-order valence-corrected chi connectivity index (χ4v) is 1.58. The lowest BCUT2D eigenvalue weighted by molar-refractivity contribution is 0.702. The molecule has 2 rings (SSSR count). The van der Waals surface area contributed by atoms with Gasteiger partial charge in [0.2, 0.25) is 0 Å². The highest BCUT2D eigenvalue weighted by Gasteiger charge is 2.05. The molecule has 0 aromatic carbocycles. The van der Waals surface area contributed by atoms with Crippen LogP contribution in [0.15, 0.2) is 40.0 Å². The Bertz CT molecular complexity index is 517. The maximum atomic E-state index is 11.5. The van der Waals surface area contributed by atoms with Crippen molar-refractivity contribution < 1.29 is 0 Å². The molecule has 0 fully saturated rings. The first-order chi connectivity index (χ1) is 7.18. The number of anilines is 1. The minimum Gasteiger partial charge on any atom is -0.292 e. The Balaban J connectivity index is 2.38. The Morgan fingerprint density at radius 2 is 2.07 bits per heavy atom. The average molecular weight is 269 g/mol. The van der Waals surface area contributed by atoms with E-state index in [1.54, 1.807) is 17.9 Å². The summed E-state index contributed by atoms with van der Waals surface area (Å²) in [4.78, 5) is 11.5. The van der Waals surface area contributed by atoms with E-state index in [1.165, 1.54) is 4.68 Å². The van der Waals surface area contributed by atoms with Crippen LogP contribution in [0.5, 0.6) is 0 Å². The minimum atomic E-state index is -0.174. The van der Waals surface area contributed by atoms with Crippen LogP contribution in [-0.2, 0) is 7.05 Å². The topological polar surface area (TPSA) is 51.9 Å². The fraction of sp³-hybridized carbons (Fsp3) is 0.111. The highest BCUT2D eigenvalue weighted by atomic mass is 79.9. The summed E-state index contributed by atoms with van der Waals surface area (Å²) in [6.45, 7) is 0. The van der Waals surface area contributed by atoms with E-state index in [0.717, 1.165) is 0 Å². The van der Waals surface area contributed by atoms with Gasteiger partial charge in [-0.05, 0) is 28.1 Å². The molecule has 5 nitrogen and oxygen atoms in total. The van der Waals surface area contributed by atoms with E-state index in [0.29, 0.717) is 10.2 Å². The highest BCUT2D eigenvalue weighted by Crippen LogP contribution is 2.15. The molecule has 2 heterocycles. The summed E-state index contributed by atoms with van der Waals surface area (Å²) in [5.74, 6) is 0. The van der Waals surface area contributed by atoms with Crippen LogP contribution in [0.4, 0.5) is 5.69 Å². The Hall–Kier alpha value is -1.56. The zero-order valence-corrected chi connectivity index (χ0v) is 9.60. The van der Waals surface area contributed by atoms with E-state index < -0.39 is 0 Å². The molecule has 2 aromatic heterocycles. The fourth-order valence-electron chi connectivity index (χ4n) is 1.14. The molecule has 6 heteroatoms. The lowest BCUT2D eigenvalue weighted by Gasteiger charge is -2.08. The van der Waals surface area contributed by atoms with E-state index >= 15 is 0 Å². The van der Waals surface area contributed by atoms with Gasteiger partial charge in [0.15, 0.2) is 0 Å². The predicted octanol–water partition coefficient (Wildman–Crippen LogP) is 1.22. The van der Waals surface area contributed by atoms with E-state index in [2.05, 4.69) is 26.5 Å². The summed E-state index contributed by atoms with van der Waals surface area (Å²) in [6.07, 6.45) is 5.26. The number of aromatic nitrogens is 3. The van der Waals surface area contributed by atoms with Gasteiger partial charge in [0.25, 0.3) is 5.56 Å². The first-order valence-electron chi connectivity index (χ1n) is 4.30. The van der Waals surface area contributed by atoms with Crippen molar-refractivity contribution in [2.24, 2.45) is 7.05 Å². The predicted molar refractivity (Wildman–Crippen MR) is 60.6 cm³/mol. The summed E-state index contributed by atoms with van der Waals surface area (Å²) in [5, 5.41) is 3.92. The lowest BCUT2D eigenvalue weighted by Crippen LogP contribution is -2.22. The highest BCUT2D eigenvalue weighted by molar-refractivity contribution is 9.10. The average Bonchev–Trinajstić information content (AvgIpc) is 2.72. The van der Waals surface area contributed by atoms with Crippen LogP contribution < -0.4 is 11.0 Å². The monoisotopic (exact) mass is 268 g/mol. The first-order valence-corrected chi connectivity index (χ1v) is 5.09. The number of hydrogen-bond acceptors (Lipinski definition) is 3. The molecule has 0 unspecified atom stereocenters. The van der Waals surface area contributed by atoms with Gasteiger partial charge in [-0.3, -0.25) is 14.9 Å². The molecular formula is C9H9BrN4O. The smallest absolute Gasteiger partial charge is 0.282 e. The molecule has 15 heavy (non-hydrogen) atoms. The Labute approximate surface area is 94.4 Å². The van der Waals surface area contributed by atoms with Gasteiger partial charge in [-0.25, -0.2) is 4.68 Å². The van der Waals surface area contributed by atoms with Gasteiger partial charge in [-0.15, -0.1) is 0 Å². The van der Waals surface area contributed by atoms with Gasteiger partial charge in [-0.2, -0.15) is 5.10 Å². The van der Waals surface area contributed by atoms with Gasteiger partial charge in [0, 0.05) is 19.4 Å². The van der Waals surface area contributed by atoms with Gasteiger partial charge in [0.05, 0.1) is 11.9 Å². The van der Waals surface area contributed by atoms with E-state index in [1.807, 2.05) is 24.5 Å². The van der Waals surface area contributed by atoms with E-state index in [9.17, 15) is 4.79 Å². The maximum Gasteiger partial charge on any atom is 0.282 e. The van der Waals surface area contributed by atoms with Crippen molar-refractivity contribution in [2.75, 3.05) is 5.43 Å². The lowest BCUT2D eigenvalue weighted by atomic mass is 10.5. The quantitative estimate of drug-likeness (QED) is 0.891. The molecule has 0 aliphatic heterocycles. The summed E-state index contributed by atoms with van der Waals surface area (Å²) in [5.41, 5.74) is 3.47.